The highest BCUT2D eigenvalue weighted by molar-refractivity contribution is 7.17. The third-order valence-corrected chi connectivity index (χ3v) is 3.30. The Bertz CT molecular complexity index is 684. The first-order valence-electron chi connectivity index (χ1n) is 5.64. The third kappa shape index (κ3) is 3.12. The van der Waals surface area contributed by atoms with Gasteiger partial charge in [-0.05, 0) is 12.1 Å². The number of esters is 1. The van der Waals surface area contributed by atoms with Crippen molar-refractivity contribution in [2.24, 2.45) is 0 Å². The van der Waals surface area contributed by atoms with E-state index in [-0.39, 0.29) is 4.88 Å². The van der Waals surface area contributed by atoms with E-state index in [1.807, 2.05) is 12.1 Å². The normalized spacial score (nSPS) is 9.90. The minimum atomic E-state index is -0.572. The minimum absolute atomic E-state index is 0.185. The predicted molar refractivity (Wildman–Crippen MR) is 76.0 cm³/mol. The summed E-state index contributed by atoms with van der Waals surface area (Å²) < 4.78 is 9.78. The standard InChI is InChI=1S/C13H12N2O4S/c1-18-9-6-4-3-5-8(9)14-13-15-11(16)7-10(20-13)12(17)19-2/h3-7H,1-2H3,(H,14,15,16). The lowest BCUT2D eigenvalue weighted by atomic mass is 10.3. The molecule has 0 radical (unpaired) electrons. The number of nitrogens with zero attached hydrogens (tertiary/aromatic N) is 1. The van der Waals surface area contributed by atoms with Crippen molar-refractivity contribution in [3.63, 3.8) is 0 Å². The molecular weight excluding hydrogens is 280 g/mol. The molecule has 0 unspecified atom stereocenters. The van der Waals surface area contributed by atoms with Crippen LogP contribution in [-0.2, 0) is 4.74 Å². The van der Waals surface area contributed by atoms with Crippen LogP contribution in [0.1, 0.15) is 9.67 Å². The number of nitrogens with one attached hydrogen (secondary N) is 1. The van der Waals surface area contributed by atoms with Crippen molar-refractivity contribution in [3.05, 3.63) is 45.6 Å². The average molecular weight is 292 g/mol. The van der Waals surface area contributed by atoms with E-state index in [1.54, 1.807) is 19.2 Å². The number of aromatic nitrogens is 1. The number of rotatable bonds is 4. The van der Waals surface area contributed by atoms with E-state index in [2.05, 4.69) is 15.0 Å². The molecule has 0 aliphatic heterocycles. The van der Waals surface area contributed by atoms with Gasteiger partial charge >= 0.3 is 5.97 Å². The van der Waals surface area contributed by atoms with Crippen LogP contribution in [0.15, 0.2) is 35.1 Å². The van der Waals surface area contributed by atoms with Crippen LogP contribution in [0.4, 0.5) is 10.8 Å². The molecule has 0 aliphatic carbocycles. The zero-order valence-electron chi connectivity index (χ0n) is 10.9. The van der Waals surface area contributed by atoms with Gasteiger partial charge in [-0.25, -0.2) is 4.79 Å². The Morgan fingerprint density at radius 1 is 1.30 bits per heavy atom. The molecule has 0 saturated heterocycles. The average Bonchev–Trinajstić information content (AvgIpc) is 2.46. The van der Waals surface area contributed by atoms with Gasteiger partial charge < -0.3 is 14.8 Å². The molecular formula is C13H12N2O4S. The SMILES string of the molecule is COC(=O)c1cc(=O)nc(Nc2ccccc2OC)s1. The second-order valence-corrected chi connectivity index (χ2v) is 4.71. The molecule has 0 aliphatic rings. The molecule has 0 atom stereocenters. The molecule has 1 aromatic heterocycles. The number of hydrogen-bond donors (Lipinski definition) is 1. The van der Waals surface area contributed by atoms with Gasteiger partial charge in [-0.1, -0.05) is 23.5 Å². The highest BCUT2D eigenvalue weighted by Crippen LogP contribution is 2.28. The largest absolute Gasteiger partial charge is 0.495 e. The van der Waals surface area contributed by atoms with E-state index in [0.29, 0.717) is 16.6 Å². The highest BCUT2D eigenvalue weighted by Gasteiger charge is 2.11. The van der Waals surface area contributed by atoms with Gasteiger partial charge in [0.25, 0.3) is 5.56 Å². The number of ether oxygens (including phenoxy) is 2. The molecule has 0 saturated carbocycles. The van der Waals surface area contributed by atoms with Crippen molar-refractivity contribution in [1.82, 2.24) is 4.98 Å². The van der Waals surface area contributed by atoms with E-state index >= 15 is 0 Å². The second-order valence-electron chi connectivity index (χ2n) is 3.68. The molecule has 2 rings (SSSR count). The van der Waals surface area contributed by atoms with E-state index in [1.165, 1.54) is 7.11 Å². The Labute approximate surface area is 119 Å². The van der Waals surface area contributed by atoms with E-state index in [4.69, 9.17) is 4.74 Å². The Morgan fingerprint density at radius 2 is 2.05 bits per heavy atom. The minimum Gasteiger partial charge on any atom is -0.495 e. The summed E-state index contributed by atoms with van der Waals surface area (Å²) in [7, 11) is 2.80. The topological polar surface area (TPSA) is 77.5 Å². The van der Waals surface area contributed by atoms with Gasteiger partial charge in [-0.15, -0.1) is 0 Å². The fourth-order valence-corrected chi connectivity index (χ4v) is 2.35. The molecule has 7 heteroatoms. The summed E-state index contributed by atoms with van der Waals surface area (Å²) in [5.41, 5.74) is 0.140. The van der Waals surface area contributed by atoms with Crippen molar-refractivity contribution in [2.45, 2.75) is 0 Å². The van der Waals surface area contributed by atoms with Crippen LogP contribution in [0, 0.1) is 0 Å². The van der Waals surface area contributed by atoms with Crippen LogP contribution in [0.5, 0.6) is 5.75 Å². The predicted octanol–water partition coefficient (Wildman–Crippen LogP) is 2.04. The van der Waals surface area contributed by atoms with E-state index in [0.717, 1.165) is 17.4 Å². The summed E-state index contributed by atoms with van der Waals surface area (Å²) in [5.74, 6) is 0.0370. The number of carbonyl (C=O) groups is 1. The van der Waals surface area contributed by atoms with Crippen LogP contribution in [-0.4, -0.2) is 25.2 Å². The maximum absolute atomic E-state index is 11.5. The Kier molecular flexibility index (Phi) is 4.31. The zero-order valence-corrected chi connectivity index (χ0v) is 11.7. The van der Waals surface area contributed by atoms with Crippen LogP contribution in [0.3, 0.4) is 0 Å². The van der Waals surface area contributed by atoms with Crippen LogP contribution in [0.25, 0.3) is 0 Å². The second kappa shape index (κ2) is 6.16. The number of carbonyl (C=O) groups excluding carboxylic acids is 1. The molecule has 104 valence electrons. The molecule has 0 bridgehead atoms. The summed E-state index contributed by atoms with van der Waals surface area (Å²) >= 11 is 1.03. The summed E-state index contributed by atoms with van der Waals surface area (Å²) in [6, 6.07) is 8.34. The molecule has 1 heterocycles. The van der Waals surface area contributed by atoms with Gasteiger partial charge in [0.05, 0.1) is 19.9 Å². The lowest BCUT2D eigenvalue weighted by Crippen LogP contribution is -2.11. The molecule has 6 nitrogen and oxygen atoms in total. The fraction of sp³-hybridized carbons (Fsp3) is 0.154. The first-order chi connectivity index (χ1) is 9.63. The quantitative estimate of drug-likeness (QED) is 0.869. The Hall–Kier alpha value is -2.41. The summed E-state index contributed by atoms with van der Waals surface area (Å²) in [5, 5.41) is 3.25. The molecule has 20 heavy (non-hydrogen) atoms. The lowest BCUT2D eigenvalue weighted by molar-refractivity contribution is 0.0606. The van der Waals surface area contributed by atoms with Gasteiger partial charge in [0, 0.05) is 6.07 Å². The summed E-state index contributed by atoms with van der Waals surface area (Å²) in [6.45, 7) is 0. The molecule has 2 aromatic rings. The van der Waals surface area contributed by atoms with Gasteiger partial charge in [-0.3, -0.25) is 4.79 Å². The fourth-order valence-electron chi connectivity index (χ4n) is 1.52. The molecule has 1 aromatic carbocycles. The van der Waals surface area contributed by atoms with Gasteiger partial charge in [0.2, 0.25) is 0 Å². The zero-order chi connectivity index (χ0) is 14.5. The van der Waals surface area contributed by atoms with Crippen LogP contribution in [0.2, 0.25) is 0 Å². The van der Waals surface area contributed by atoms with E-state index in [9.17, 15) is 9.59 Å². The smallest absolute Gasteiger partial charge is 0.348 e. The molecule has 1 N–H and O–H groups in total. The van der Waals surface area contributed by atoms with Crippen LogP contribution < -0.4 is 15.6 Å². The first kappa shape index (κ1) is 14.0. The van der Waals surface area contributed by atoms with Gasteiger partial charge in [0.15, 0.2) is 5.13 Å². The maximum atomic E-state index is 11.5. The van der Waals surface area contributed by atoms with Crippen LogP contribution >= 0.6 is 11.3 Å². The van der Waals surface area contributed by atoms with Crippen molar-refractivity contribution in [1.29, 1.82) is 0 Å². The van der Waals surface area contributed by atoms with Gasteiger partial charge in [0.1, 0.15) is 10.6 Å². The van der Waals surface area contributed by atoms with Crippen molar-refractivity contribution in [2.75, 3.05) is 19.5 Å². The monoisotopic (exact) mass is 292 g/mol. The number of benzene rings is 1. The Morgan fingerprint density at radius 3 is 2.75 bits per heavy atom. The molecule has 0 amide bonds. The highest BCUT2D eigenvalue weighted by atomic mass is 32.1. The van der Waals surface area contributed by atoms with Crippen molar-refractivity contribution >= 4 is 28.1 Å². The molecule has 0 spiro atoms. The Balaban J connectivity index is 2.36. The van der Waals surface area contributed by atoms with Crippen molar-refractivity contribution in [3.8, 4) is 5.75 Å². The number of methoxy groups -OCH3 is 2. The summed E-state index contributed by atoms with van der Waals surface area (Å²) in [6.07, 6.45) is 0. The first-order valence-corrected chi connectivity index (χ1v) is 6.46. The van der Waals surface area contributed by atoms with E-state index < -0.39 is 11.5 Å². The number of anilines is 2. The number of hydrogen-bond acceptors (Lipinski definition) is 7. The number of para-hydroxylation sites is 2. The lowest BCUT2D eigenvalue weighted by Gasteiger charge is -2.09. The van der Waals surface area contributed by atoms with Gasteiger partial charge in [-0.2, -0.15) is 4.98 Å². The molecule has 0 fully saturated rings. The summed E-state index contributed by atoms with van der Waals surface area (Å²) in [4.78, 5) is 27.0. The third-order valence-electron chi connectivity index (χ3n) is 2.41. The van der Waals surface area contributed by atoms with Crippen molar-refractivity contribution < 1.29 is 14.3 Å². The maximum Gasteiger partial charge on any atom is 0.348 e.